The van der Waals surface area contributed by atoms with Crippen LogP contribution < -0.4 is 5.32 Å². The van der Waals surface area contributed by atoms with Gasteiger partial charge in [-0.15, -0.1) is 0 Å². The molecule has 0 aliphatic carbocycles. The van der Waals surface area contributed by atoms with Crippen LogP contribution in [0.25, 0.3) is 0 Å². The fourth-order valence-corrected chi connectivity index (χ4v) is 1.85. The van der Waals surface area contributed by atoms with Crippen molar-refractivity contribution < 1.29 is 0 Å². The topological polar surface area (TPSA) is 48.7 Å². The minimum Gasteiger partial charge on any atom is -0.340 e. The molecule has 1 aromatic heterocycles. The fraction of sp³-hybridized carbons (Fsp3) is 0.200. The number of nitrogens with one attached hydrogen (secondary N) is 1. The second-order valence-corrected chi connectivity index (χ2v) is 4.16. The first-order valence-electron chi connectivity index (χ1n) is 5.95. The Morgan fingerprint density at radius 1 is 1.28 bits per heavy atom. The highest BCUT2D eigenvalue weighted by molar-refractivity contribution is 5.58. The molecule has 0 atom stereocenters. The van der Waals surface area contributed by atoms with Gasteiger partial charge in [0.05, 0.1) is 5.56 Å². The molecule has 0 spiro atoms. The summed E-state index contributed by atoms with van der Waals surface area (Å²) in [4.78, 5) is 4.18. The molecule has 2 aromatic rings. The van der Waals surface area contributed by atoms with Crippen LogP contribution in [0.5, 0.6) is 0 Å². The van der Waals surface area contributed by atoms with Crippen molar-refractivity contribution in [3.8, 4) is 6.07 Å². The normalized spacial score (nSPS) is 9.83. The van der Waals surface area contributed by atoms with E-state index in [2.05, 4.69) is 42.4 Å². The molecule has 0 bridgehead atoms. The molecule has 0 saturated heterocycles. The minimum absolute atomic E-state index is 0.568. The lowest BCUT2D eigenvalue weighted by Crippen LogP contribution is -1.95. The first-order valence-corrected chi connectivity index (χ1v) is 5.95. The zero-order valence-corrected chi connectivity index (χ0v) is 10.6. The van der Waals surface area contributed by atoms with Gasteiger partial charge in [0.25, 0.3) is 0 Å². The van der Waals surface area contributed by atoms with Crippen LogP contribution in [-0.4, -0.2) is 4.98 Å². The maximum absolute atomic E-state index is 8.70. The van der Waals surface area contributed by atoms with Crippen LogP contribution in [-0.2, 0) is 6.42 Å². The molecule has 0 aliphatic heterocycles. The van der Waals surface area contributed by atoms with E-state index in [0.29, 0.717) is 5.56 Å². The van der Waals surface area contributed by atoms with Crippen molar-refractivity contribution in [3.63, 3.8) is 0 Å². The minimum atomic E-state index is 0.568. The van der Waals surface area contributed by atoms with E-state index in [0.717, 1.165) is 17.9 Å². The van der Waals surface area contributed by atoms with Crippen LogP contribution in [0.2, 0.25) is 0 Å². The van der Waals surface area contributed by atoms with Gasteiger partial charge in [0.1, 0.15) is 11.9 Å². The summed E-state index contributed by atoms with van der Waals surface area (Å²) in [5.41, 5.74) is 4.21. The standard InChI is InChI=1S/C15H15N3/c1-3-13-5-6-14(8-11(13)2)18-15-7-4-12(9-16)10-17-15/h4-8,10H,3H2,1-2H3,(H,17,18). The molecule has 0 aliphatic rings. The summed E-state index contributed by atoms with van der Waals surface area (Å²) in [7, 11) is 0. The van der Waals surface area contributed by atoms with Crippen molar-refractivity contribution in [2.45, 2.75) is 20.3 Å². The number of benzene rings is 1. The van der Waals surface area contributed by atoms with Crippen molar-refractivity contribution in [1.29, 1.82) is 5.26 Å². The van der Waals surface area contributed by atoms with Crippen molar-refractivity contribution in [2.24, 2.45) is 0 Å². The molecule has 2 rings (SSSR count). The largest absolute Gasteiger partial charge is 0.340 e. The van der Waals surface area contributed by atoms with Crippen LogP contribution in [0.15, 0.2) is 36.5 Å². The maximum atomic E-state index is 8.70. The van der Waals surface area contributed by atoms with Crippen LogP contribution in [0.1, 0.15) is 23.6 Å². The first kappa shape index (κ1) is 12.1. The zero-order valence-electron chi connectivity index (χ0n) is 10.6. The van der Waals surface area contributed by atoms with E-state index >= 15 is 0 Å². The number of nitriles is 1. The van der Waals surface area contributed by atoms with Gasteiger partial charge in [-0.25, -0.2) is 4.98 Å². The van der Waals surface area contributed by atoms with E-state index < -0.39 is 0 Å². The molecule has 0 fully saturated rings. The highest BCUT2D eigenvalue weighted by atomic mass is 15.0. The van der Waals surface area contributed by atoms with E-state index in [1.165, 1.54) is 11.1 Å². The third-order valence-electron chi connectivity index (χ3n) is 2.89. The molecule has 0 radical (unpaired) electrons. The van der Waals surface area contributed by atoms with Gasteiger partial charge in [-0.05, 0) is 48.7 Å². The Hall–Kier alpha value is -2.34. The Morgan fingerprint density at radius 2 is 2.11 bits per heavy atom. The third-order valence-corrected chi connectivity index (χ3v) is 2.89. The van der Waals surface area contributed by atoms with Crippen LogP contribution in [0.3, 0.4) is 0 Å². The monoisotopic (exact) mass is 237 g/mol. The van der Waals surface area contributed by atoms with Crippen molar-refractivity contribution in [1.82, 2.24) is 4.98 Å². The molecule has 3 nitrogen and oxygen atoms in total. The average Bonchev–Trinajstić information content (AvgIpc) is 2.40. The lowest BCUT2D eigenvalue weighted by Gasteiger charge is -2.09. The molecule has 0 amide bonds. The van der Waals surface area contributed by atoms with Crippen molar-refractivity contribution in [2.75, 3.05) is 5.32 Å². The molecule has 0 unspecified atom stereocenters. The number of rotatable bonds is 3. The number of aryl methyl sites for hydroxylation is 2. The molecular formula is C15H15N3. The highest BCUT2D eigenvalue weighted by Gasteiger charge is 2.00. The number of nitrogens with zero attached hydrogens (tertiary/aromatic N) is 2. The van der Waals surface area contributed by atoms with Crippen LogP contribution >= 0.6 is 0 Å². The molecule has 18 heavy (non-hydrogen) atoms. The molecule has 1 aromatic carbocycles. The van der Waals surface area contributed by atoms with Gasteiger partial charge in [0, 0.05) is 11.9 Å². The van der Waals surface area contributed by atoms with Crippen molar-refractivity contribution >= 4 is 11.5 Å². The lowest BCUT2D eigenvalue weighted by molar-refractivity contribution is 1.11. The Kier molecular flexibility index (Phi) is 3.59. The van der Waals surface area contributed by atoms with Gasteiger partial charge in [0.15, 0.2) is 0 Å². The summed E-state index contributed by atoms with van der Waals surface area (Å²) in [5, 5.41) is 11.9. The Labute approximate surface area is 107 Å². The predicted octanol–water partition coefficient (Wildman–Crippen LogP) is 3.57. The summed E-state index contributed by atoms with van der Waals surface area (Å²) >= 11 is 0. The van der Waals surface area contributed by atoms with Gasteiger partial charge in [0.2, 0.25) is 0 Å². The van der Waals surface area contributed by atoms with Gasteiger partial charge in [-0.1, -0.05) is 13.0 Å². The summed E-state index contributed by atoms with van der Waals surface area (Å²) in [6, 6.07) is 11.9. The van der Waals surface area contributed by atoms with Gasteiger partial charge >= 0.3 is 0 Å². The lowest BCUT2D eigenvalue weighted by atomic mass is 10.1. The van der Waals surface area contributed by atoms with E-state index in [1.807, 2.05) is 12.1 Å². The quantitative estimate of drug-likeness (QED) is 0.887. The van der Waals surface area contributed by atoms with Gasteiger partial charge in [-0.2, -0.15) is 5.26 Å². The Balaban J connectivity index is 2.18. The van der Waals surface area contributed by atoms with Crippen LogP contribution in [0.4, 0.5) is 11.5 Å². The summed E-state index contributed by atoms with van der Waals surface area (Å²) in [5.74, 6) is 0.748. The van der Waals surface area contributed by atoms with Crippen molar-refractivity contribution in [3.05, 3.63) is 53.2 Å². The van der Waals surface area contributed by atoms with E-state index in [1.54, 1.807) is 12.3 Å². The number of hydrogen-bond acceptors (Lipinski definition) is 3. The molecular weight excluding hydrogens is 222 g/mol. The molecule has 1 N–H and O–H groups in total. The number of aromatic nitrogens is 1. The molecule has 0 saturated carbocycles. The number of anilines is 2. The predicted molar refractivity (Wildman–Crippen MR) is 72.8 cm³/mol. The van der Waals surface area contributed by atoms with E-state index in [-0.39, 0.29) is 0 Å². The summed E-state index contributed by atoms with van der Waals surface area (Å²) < 4.78 is 0. The molecule has 90 valence electrons. The fourth-order valence-electron chi connectivity index (χ4n) is 1.85. The molecule has 3 heteroatoms. The highest BCUT2D eigenvalue weighted by Crippen LogP contribution is 2.19. The Bertz CT molecular complexity index is 580. The van der Waals surface area contributed by atoms with Gasteiger partial charge in [-0.3, -0.25) is 0 Å². The van der Waals surface area contributed by atoms with E-state index in [9.17, 15) is 0 Å². The van der Waals surface area contributed by atoms with Crippen LogP contribution in [0, 0.1) is 18.3 Å². The molecule has 1 heterocycles. The smallest absolute Gasteiger partial charge is 0.130 e. The zero-order chi connectivity index (χ0) is 13.0. The number of pyridine rings is 1. The average molecular weight is 237 g/mol. The second kappa shape index (κ2) is 5.33. The SMILES string of the molecule is CCc1ccc(Nc2ccc(C#N)cn2)cc1C. The summed E-state index contributed by atoms with van der Waals surface area (Å²) in [6.07, 6.45) is 2.61. The van der Waals surface area contributed by atoms with Gasteiger partial charge < -0.3 is 5.32 Å². The maximum Gasteiger partial charge on any atom is 0.130 e. The summed E-state index contributed by atoms with van der Waals surface area (Å²) in [6.45, 7) is 4.26. The number of hydrogen-bond donors (Lipinski definition) is 1. The Morgan fingerprint density at radius 3 is 2.67 bits per heavy atom. The first-order chi connectivity index (χ1) is 8.72. The third kappa shape index (κ3) is 2.67. The second-order valence-electron chi connectivity index (χ2n) is 4.16. The van der Waals surface area contributed by atoms with E-state index in [4.69, 9.17) is 5.26 Å².